The third kappa shape index (κ3) is 3.42. The summed E-state index contributed by atoms with van der Waals surface area (Å²) >= 11 is 12.1. The van der Waals surface area contributed by atoms with Crippen LogP contribution in [0.2, 0.25) is 10.0 Å². The maximum absolute atomic E-state index is 6.20. The Kier molecular flexibility index (Phi) is 5.24. The van der Waals surface area contributed by atoms with Gasteiger partial charge in [0, 0.05) is 22.7 Å². The number of benzene rings is 1. The van der Waals surface area contributed by atoms with Gasteiger partial charge in [0.1, 0.15) is 5.75 Å². The Balaban J connectivity index is 2.38. The minimum Gasteiger partial charge on any atom is -0.492 e. The van der Waals surface area contributed by atoms with Crippen LogP contribution in [0.4, 0.5) is 0 Å². The molecule has 0 bridgehead atoms. The molecule has 106 valence electrons. The molecule has 20 heavy (non-hydrogen) atoms. The number of rotatable bonds is 5. The summed E-state index contributed by atoms with van der Waals surface area (Å²) in [6, 6.07) is 7.23. The lowest BCUT2D eigenvalue weighted by molar-refractivity contribution is 0.313. The molecular weight excluding hydrogens is 295 g/mol. The summed E-state index contributed by atoms with van der Waals surface area (Å²) in [5, 5.41) is 1.16. The van der Waals surface area contributed by atoms with E-state index in [-0.39, 0.29) is 0 Å². The van der Waals surface area contributed by atoms with Crippen LogP contribution in [-0.2, 0) is 6.54 Å². The van der Waals surface area contributed by atoms with E-state index in [1.807, 2.05) is 12.1 Å². The Hall–Kier alpha value is -1.29. The monoisotopic (exact) mass is 310 g/mol. The molecule has 0 amide bonds. The second kappa shape index (κ2) is 6.93. The summed E-state index contributed by atoms with van der Waals surface area (Å²) in [7, 11) is 0. The fourth-order valence-corrected chi connectivity index (χ4v) is 2.34. The molecule has 1 aromatic carbocycles. The van der Waals surface area contributed by atoms with Crippen molar-refractivity contribution in [3.05, 3.63) is 46.1 Å². The Bertz CT molecular complexity index is 602. The first-order valence-electron chi connectivity index (χ1n) is 6.43. The van der Waals surface area contributed by atoms with Gasteiger partial charge in [-0.25, -0.2) is 0 Å². The quantitative estimate of drug-likeness (QED) is 0.895. The summed E-state index contributed by atoms with van der Waals surface area (Å²) in [4.78, 5) is 4.39. The van der Waals surface area contributed by atoms with E-state index in [4.69, 9.17) is 33.7 Å². The number of aromatic nitrogens is 1. The topological polar surface area (TPSA) is 48.1 Å². The molecule has 0 fully saturated rings. The number of hydrogen-bond acceptors (Lipinski definition) is 3. The van der Waals surface area contributed by atoms with Gasteiger partial charge in [0.2, 0.25) is 0 Å². The third-order valence-electron chi connectivity index (χ3n) is 2.84. The van der Waals surface area contributed by atoms with Gasteiger partial charge < -0.3 is 10.5 Å². The molecule has 5 heteroatoms. The summed E-state index contributed by atoms with van der Waals surface area (Å²) in [6.07, 6.45) is 2.63. The Labute approximate surface area is 128 Å². The van der Waals surface area contributed by atoms with E-state index >= 15 is 0 Å². The minimum absolute atomic E-state index is 0.389. The van der Waals surface area contributed by atoms with Gasteiger partial charge in [0.05, 0.1) is 23.5 Å². The highest BCUT2D eigenvalue weighted by atomic mass is 35.5. The molecule has 0 aliphatic carbocycles. The largest absolute Gasteiger partial charge is 0.492 e. The van der Waals surface area contributed by atoms with Crippen molar-refractivity contribution in [3.63, 3.8) is 0 Å². The number of hydrogen-bond donors (Lipinski definition) is 1. The molecule has 0 aliphatic heterocycles. The number of pyridine rings is 1. The van der Waals surface area contributed by atoms with Crippen LogP contribution in [0.15, 0.2) is 30.5 Å². The molecule has 3 nitrogen and oxygen atoms in total. The molecule has 1 heterocycles. The van der Waals surface area contributed by atoms with Crippen LogP contribution in [0.3, 0.4) is 0 Å². The van der Waals surface area contributed by atoms with Crippen molar-refractivity contribution < 1.29 is 4.74 Å². The van der Waals surface area contributed by atoms with Crippen molar-refractivity contribution in [2.45, 2.75) is 19.9 Å². The SMILES string of the molecule is CCCOc1cnc(-c2ccc(Cl)cc2Cl)cc1CN. The van der Waals surface area contributed by atoms with Crippen molar-refractivity contribution in [1.82, 2.24) is 4.98 Å². The van der Waals surface area contributed by atoms with Gasteiger partial charge in [-0.1, -0.05) is 30.1 Å². The third-order valence-corrected chi connectivity index (χ3v) is 3.38. The van der Waals surface area contributed by atoms with E-state index in [0.717, 1.165) is 29.0 Å². The number of nitrogens with two attached hydrogens (primary N) is 1. The minimum atomic E-state index is 0.389. The predicted molar refractivity (Wildman–Crippen MR) is 83.4 cm³/mol. The van der Waals surface area contributed by atoms with Crippen molar-refractivity contribution in [2.24, 2.45) is 5.73 Å². The molecule has 2 aromatic rings. The molecular formula is C15H16Cl2N2O. The van der Waals surface area contributed by atoms with E-state index in [9.17, 15) is 0 Å². The zero-order valence-corrected chi connectivity index (χ0v) is 12.7. The Morgan fingerprint density at radius 1 is 1.25 bits per heavy atom. The first-order chi connectivity index (χ1) is 9.65. The Morgan fingerprint density at radius 3 is 2.70 bits per heavy atom. The molecule has 0 atom stereocenters. The van der Waals surface area contributed by atoms with Crippen molar-refractivity contribution in [3.8, 4) is 17.0 Å². The molecule has 0 saturated heterocycles. The molecule has 0 saturated carbocycles. The number of nitrogens with zero attached hydrogens (tertiary/aromatic N) is 1. The van der Waals surface area contributed by atoms with Crippen molar-refractivity contribution in [1.29, 1.82) is 0 Å². The predicted octanol–water partition coefficient (Wildman–Crippen LogP) is 4.30. The van der Waals surface area contributed by atoms with Crippen LogP contribution in [0.25, 0.3) is 11.3 Å². The highest BCUT2D eigenvalue weighted by Crippen LogP contribution is 2.31. The summed E-state index contributed by atoms with van der Waals surface area (Å²) in [5.74, 6) is 0.725. The van der Waals surface area contributed by atoms with Gasteiger partial charge in [-0.3, -0.25) is 4.98 Å². The smallest absolute Gasteiger partial charge is 0.142 e. The molecule has 2 N–H and O–H groups in total. The molecule has 0 unspecified atom stereocenters. The van der Waals surface area contributed by atoms with E-state index < -0.39 is 0 Å². The molecule has 1 aromatic heterocycles. The zero-order chi connectivity index (χ0) is 14.5. The van der Waals surface area contributed by atoms with E-state index in [1.165, 1.54) is 0 Å². The maximum Gasteiger partial charge on any atom is 0.142 e. The first-order valence-corrected chi connectivity index (χ1v) is 7.18. The second-order valence-corrected chi connectivity index (χ2v) is 5.20. The molecule has 0 aliphatic rings. The molecule has 2 rings (SSSR count). The van der Waals surface area contributed by atoms with Crippen molar-refractivity contribution >= 4 is 23.2 Å². The van der Waals surface area contributed by atoms with Crippen molar-refractivity contribution in [2.75, 3.05) is 6.61 Å². The van der Waals surface area contributed by atoms with Gasteiger partial charge in [-0.2, -0.15) is 0 Å². The Morgan fingerprint density at radius 2 is 2.05 bits per heavy atom. The summed E-state index contributed by atoms with van der Waals surface area (Å²) in [6.45, 7) is 3.09. The van der Waals surface area contributed by atoms with Crippen LogP contribution in [-0.4, -0.2) is 11.6 Å². The first kappa shape index (κ1) is 15.1. The lowest BCUT2D eigenvalue weighted by Crippen LogP contribution is -2.04. The highest BCUT2D eigenvalue weighted by Gasteiger charge is 2.10. The average Bonchev–Trinajstić information content (AvgIpc) is 2.45. The van der Waals surface area contributed by atoms with Gasteiger partial charge in [-0.15, -0.1) is 0 Å². The lowest BCUT2D eigenvalue weighted by atomic mass is 10.1. The fourth-order valence-electron chi connectivity index (χ4n) is 1.83. The second-order valence-electron chi connectivity index (χ2n) is 4.35. The lowest BCUT2D eigenvalue weighted by Gasteiger charge is -2.11. The molecule has 0 spiro atoms. The average molecular weight is 311 g/mol. The highest BCUT2D eigenvalue weighted by molar-refractivity contribution is 6.36. The summed E-state index contributed by atoms with van der Waals surface area (Å²) < 4.78 is 5.62. The maximum atomic E-state index is 6.20. The normalized spacial score (nSPS) is 10.6. The van der Waals surface area contributed by atoms with Crippen LogP contribution < -0.4 is 10.5 Å². The number of halogens is 2. The van der Waals surface area contributed by atoms with E-state index in [0.29, 0.717) is 23.2 Å². The standard InChI is InChI=1S/C15H16Cl2N2O/c1-2-5-20-15-9-19-14(6-10(15)8-18)12-4-3-11(16)7-13(12)17/h3-4,6-7,9H,2,5,8,18H2,1H3. The fraction of sp³-hybridized carbons (Fsp3) is 0.267. The number of ether oxygens (including phenoxy) is 1. The van der Waals surface area contributed by atoms with Crippen LogP contribution in [0.1, 0.15) is 18.9 Å². The van der Waals surface area contributed by atoms with Crippen LogP contribution >= 0.6 is 23.2 Å². The van der Waals surface area contributed by atoms with Gasteiger partial charge in [0.25, 0.3) is 0 Å². The van der Waals surface area contributed by atoms with Gasteiger partial charge >= 0.3 is 0 Å². The van der Waals surface area contributed by atoms with E-state index in [2.05, 4.69) is 11.9 Å². The summed E-state index contributed by atoms with van der Waals surface area (Å²) in [5.41, 5.74) is 8.27. The van der Waals surface area contributed by atoms with Crippen LogP contribution in [0.5, 0.6) is 5.75 Å². The zero-order valence-electron chi connectivity index (χ0n) is 11.2. The van der Waals surface area contributed by atoms with Gasteiger partial charge in [-0.05, 0) is 30.7 Å². The van der Waals surface area contributed by atoms with Crippen LogP contribution in [0, 0.1) is 0 Å². The van der Waals surface area contributed by atoms with Gasteiger partial charge in [0.15, 0.2) is 0 Å². The molecule has 0 radical (unpaired) electrons. The van der Waals surface area contributed by atoms with E-state index in [1.54, 1.807) is 18.3 Å².